The van der Waals surface area contributed by atoms with Gasteiger partial charge >= 0.3 is 0 Å². The highest BCUT2D eigenvalue weighted by Crippen LogP contribution is 2.40. The lowest BCUT2D eigenvalue weighted by atomic mass is 9.98. The maximum absolute atomic E-state index is 13.5. The maximum Gasteiger partial charge on any atom is 0.291 e. The molecule has 154 valence electrons. The van der Waals surface area contributed by atoms with E-state index in [-0.39, 0.29) is 23.2 Å². The van der Waals surface area contributed by atoms with E-state index in [0.717, 1.165) is 18.4 Å². The molecule has 1 saturated heterocycles. The van der Waals surface area contributed by atoms with Crippen molar-refractivity contribution in [1.82, 2.24) is 4.90 Å². The molecule has 30 heavy (non-hydrogen) atoms. The zero-order valence-electron chi connectivity index (χ0n) is 16.3. The third-order valence-electron chi connectivity index (χ3n) is 5.80. The number of rotatable bonds is 3. The van der Waals surface area contributed by atoms with Crippen LogP contribution in [0.3, 0.4) is 0 Å². The Bertz CT molecular complexity index is 1230. The van der Waals surface area contributed by atoms with Gasteiger partial charge in [0.1, 0.15) is 5.58 Å². The first-order valence-corrected chi connectivity index (χ1v) is 10.6. The van der Waals surface area contributed by atoms with E-state index in [0.29, 0.717) is 45.3 Å². The van der Waals surface area contributed by atoms with Crippen LogP contribution in [0.15, 0.2) is 45.6 Å². The van der Waals surface area contributed by atoms with Gasteiger partial charge in [0.05, 0.1) is 33.1 Å². The first-order chi connectivity index (χ1) is 14.4. The topological polar surface area (TPSA) is 59.8 Å². The SMILES string of the molecule is Cc1ccc2oc3c(c(=O)c2c1)[C@@H](c1ccc(Cl)c(Cl)c1)N(C[C@H]1CCCO1)C3=O. The lowest BCUT2D eigenvalue weighted by Crippen LogP contribution is -2.36. The second-order valence-electron chi connectivity index (χ2n) is 7.84. The van der Waals surface area contributed by atoms with Gasteiger partial charge in [-0.05, 0) is 49.6 Å². The standard InChI is InChI=1S/C23H19Cl2NO4/c1-12-4-7-18-15(9-12)21(27)19-20(13-5-6-16(24)17(25)10-13)26(23(28)22(19)30-18)11-14-3-2-8-29-14/h4-7,9-10,14,20H,2-3,8,11H2,1H3/t14-,20-/m1/s1. The van der Waals surface area contributed by atoms with Gasteiger partial charge in [-0.15, -0.1) is 0 Å². The summed E-state index contributed by atoms with van der Waals surface area (Å²) in [7, 11) is 0. The third-order valence-corrected chi connectivity index (χ3v) is 6.54. The Morgan fingerprint density at radius 1 is 1.10 bits per heavy atom. The zero-order chi connectivity index (χ0) is 21.0. The van der Waals surface area contributed by atoms with Gasteiger partial charge in [0.25, 0.3) is 5.91 Å². The largest absolute Gasteiger partial charge is 0.450 e. The number of ether oxygens (including phenoxy) is 1. The molecule has 5 nitrogen and oxygen atoms in total. The van der Waals surface area contributed by atoms with E-state index in [4.69, 9.17) is 32.4 Å². The van der Waals surface area contributed by atoms with E-state index in [1.165, 1.54) is 0 Å². The molecule has 1 amide bonds. The van der Waals surface area contributed by atoms with Crippen LogP contribution in [0.4, 0.5) is 0 Å². The second kappa shape index (κ2) is 7.41. The molecule has 5 rings (SSSR count). The van der Waals surface area contributed by atoms with Crippen LogP contribution in [-0.2, 0) is 4.74 Å². The van der Waals surface area contributed by atoms with E-state index in [9.17, 15) is 9.59 Å². The minimum absolute atomic E-state index is 0.0692. The molecule has 0 unspecified atom stereocenters. The van der Waals surface area contributed by atoms with Crippen molar-refractivity contribution in [1.29, 1.82) is 0 Å². The van der Waals surface area contributed by atoms with E-state index in [1.807, 2.05) is 13.0 Å². The molecule has 0 bridgehead atoms. The monoisotopic (exact) mass is 443 g/mol. The summed E-state index contributed by atoms with van der Waals surface area (Å²) in [5, 5.41) is 1.25. The molecule has 0 aliphatic carbocycles. The van der Waals surface area contributed by atoms with Gasteiger partial charge in [-0.2, -0.15) is 0 Å². The number of hydrogen-bond donors (Lipinski definition) is 0. The molecule has 3 heterocycles. The predicted molar refractivity (Wildman–Crippen MR) is 116 cm³/mol. The molecule has 7 heteroatoms. The van der Waals surface area contributed by atoms with Crippen molar-refractivity contribution in [3.05, 3.63) is 79.1 Å². The van der Waals surface area contributed by atoms with Crippen molar-refractivity contribution < 1.29 is 13.9 Å². The lowest BCUT2D eigenvalue weighted by molar-refractivity contribution is 0.0486. The molecule has 0 saturated carbocycles. The molecule has 1 fully saturated rings. The fourth-order valence-corrected chi connectivity index (χ4v) is 4.67. The lowest BCUT2D eigenvalue weighted by Gasteiger charge is -2.27. The minimum atomic E-state index is -0.604. The van der Waals surface area contributed by atoms with E-state index in [2.05, 4.69) is 0 Å². The van der Waals surface area contributed by atoms with E-state index >= 15 is 0 Å². The number of nitrogens with zero attached hydrogens (tertiary/aromatic N) is 1. The molecule has 0 spiro atoms. The molecule has 2 atom stereocenters. The number of fused-ring (bicyclic) bond motifs is 2. The van der Waals surface area contributed by atoms with Crippen molar-refractivity contribution in [3.8, 4) is 0 Å². The minimum Gasteiger partial charge on any atom is -0.450 e. The first-order valence-electron chi connectivity index (χ1n) is 9.89. The fraction of sp³-hybridized carbons (Fsp3) is 0.304. The highest BCUT2D eigenvalue weighted by Gasteiger charge is 2.44. The van der Waals surface area contributed by atoms with Crippen LogP contribution in [0.5, 0.6) is 0 Å². The molecule has 0 radical (unpaired) electrons. The van der Waals surface area contributed by atoms with Gasteiger partial charge < -0.3 is 14.1 Å². The zero-order valence-corrected chi connectivity index (χ0v) is 17.8. The molecule has 2 aromatic carbocycles. The number of carbonyl (C=O) groups excluding carboxylic acids is 1. The van der Waals surface area contributed by atoms with Crippen molar-refractivity contribution >= 4 is 40.1 Å². The highest BCUT2D eigenvalue weighted by molar-refractivity contribution is 6.42. The van der Waals surface area contributed by atoms with Crippen LogP contribution >= 0.6 is 23.2 Å². The molecular weight excluding hydrogens is 425 g/mol. The maximum atomic E-state index is 13.5. The molecule has 3 aromatic rings. The fourth-order valence-electron chi connectivity index (χ4n) is 4.36. The van der Waals surface area contributed by atoms with Crippen molar-refractivity contribution in [2.24, 2.45) is 0 Å². The molecule has 2 aliphatic heterocycles. The third kappa shape index (κ3) is 3.13. The van der Waals surface area contributed by atoms with Crippen LogP contribution in [0.25, 0.3) is 11.0 Å². The quantitative estimate of drug-likeness (QED) is 0.562. The molecule has 2 aliphatic rings. The van der Waals surface area contributed by atoms with Crippen LogP contribution in [-0.4, -0.2) is 30.1 Å². The molecule has 1 aromatic heterocycles. The average Bonchev–Trinajstić information content (AvgIpc) is 3.33. The van der Waals surface area contributed by atoms with Gasteiger partial charge in [-0.1, -0.05) is 40.9 Å². The number of halogens is 2. The number of amides is 1. The first kappa shape index (κ1) is 19.6. The van der Waals surface area contributed by atoms with Crippen LogP contribution in [0.1, 0.15) is 46.1 Å². The van der Waals surface area contributed by atoms with Crippen molar-refractivity contribution in [2.75, 3.05) is 13.2 Å². The highest BCUT2D eigenvalue weighted by atomic mass is 35.5. The normalized spacial score (nSPS) is 20.9. The average molecular weight is 444 g/mol. The van der Waals surface area contributed by atoms with Crippen LogP contribution in [0, 0.1) is 6.92 Å². The van der Waals surface area contributed by atoms with E-state index < -0.39 is 6.04 Å². The number of carbonyl (C=O) groups is 1. The Kier molecular flexibility index (Phi) is 4.85. The summed E-state index contributed by atoms with van der Waals surface area (Å²) in [6, 6.07) is 9.96. The number of hydrogen-bond acceptors (Lipinski definition) is 4. The summed E-state index contributed by atoms with van der Waals surface area (Å²) >= 11 is 12.4. The summed E-state index contributed by atoms with van der Waals surface area (Å²) in [6.07, 6.45) is 1.76. The summed E-state index contributed by atoms with van der Waals surface area (Å²) in [5.74, 6) is -0.221. The predicted octanol–water partition coefficient (Wildman–Crippen LogP) is 5.13. The number of benzene rings is 2. The van der Waals surface area contributed by atoms with Gasteiger partial charge in [0.2, 0.25) is 5.76 Å². The Morgan fingerprint density at radius 3 is 2.67 bits per heavy atom. The summed E-state index contributed by atoms with van der Waals surface area (Å²) in [6.45, 7) is 2.97. The number of aryl methyl sites for hydroxylation is 1. The Hall–Kier alpha value is -2.34. The van der Waals surface area contributed by atoms with Crippen molar-refractivity contribution in [2.45, 2.75) is 31.9 Å². The Morgan fingerprint density at radius 2 is 1.93 bits per heavy atom. The van der Waals surface area contributed by atoms with Crippen molar-refractivity contribution in [3.63, 3.8) is 0 Å². The Balaban J connectivity index is 1.72. The van der Waals surface area contributed by atoms with Gasteiger partial charge in [0, 0.05) is 13.2 Å². The Labute approximate surface area is 183 Å². The van der Waals surface area contributed by atoms with Crippen LogP contribution < -0.4 is 5.43 Å². The van der Waals surface area contributed by atoms with Gasteiger partial charge in [0.15, 0.2) is 5.43 Å². The summed E-state index contributed by atoms with van der Waals surface area (Å²) < 4.78 is 11.7. The summed E-state index contributed by atoms with van der Waals surface area (Å²) in [5.41, 5.74) is 2.21. The molecule has 0 N–H and O–H groups in total. The summed E-state index contributed by atoms with van der Waals surface area (Å²) in [4.78, 5) is 28.5. The van der Waals surface area contributed by atoms with E-state index in [1.54, 1.807) is 35.2 Å². The second-order valence-corrected chi connectivity index (χ2v) is 8.66. The van der Waals surface area contributed by atoms with Gasteiger partial charge in [-0.3, -0.25) is 9.59 Å². The van der Waals surface area contributed by atoms with Gasteiger partial charge in [-0.25, -0.2) is 0 Å². The van der Waals surface area contributed by atoms with Crippen LogP contribution in [0.2, 0.25) is 10.0 Å². The smallest absolute Gasteiger partial charge is 0.291 e. The molecular formula is C23H19Cl2NO4.